The molecule has 1 aliphatic carbocycles. The molecule has 3 N–H and O–H groups in total. The molecular formula is C13H21ClN2O2S. The average molecular weight is 305 g/mol. The number of sulfonamides is 1. The number of aryl methyl sites for hydroxylation is 1. The number of halogens is 1. The first kappa shape index (κ1) is 16.3. The maximum atomic E-state index is 11.8. The van der Waals surface area contributed by atoms with E-state index in [1.165, 1.54) is 5.56 Å². The van der Waals surface area contributed by atoms with Gasteiger partial charge in [0, 0.05) is 11.7 Å². The minimum absolute atomic E-state index is 0. The van der Waals surface area contributed by atoms with Crippen molar-refractivity contribution in [2.24, 2.45) is 0 Å². The second-order valence-electron chi connectivity index (χ2n) is 4.84. The average Bonchev–Trinajstić information content (AvgIpc) is 2.28. The molecule has 0 aromatic heterocycles. The summed E-state index contributed by atoms with van der Waals surface area (Å²) in [4.78, 5) is 0. The Hall–Kier alpha value is -0.780. The van der Waals surface area contributed by atoms with E-state index >= 15 is 0 Å². The lowest BCUT2D eigenvalue weighted by molar-refractivity contribution is 0.507. The molecule has 0 spiro atoms. The molecule has 0 aliphatic heterocycles. The molecule has 4 nitrogen and oxygen atoms in total. The first-order valence-corrected chi connectivity index (χ1v) is 8.05. The second kappa shape index (κ2) is 6.59. The number of nitrogens with two attached hydrogens (primary N) is 1. The zero-order valence-corrected chi connectivity index (χ0v) is 12.7. The van der Waals surface area contributed by atoms with Crippen LogP contribution in [0.2, 0.25) is 0 Å². The molecule has 1 unspecified atom stereocenters. The lowest BCUT2D eigenvalue weighted by Gasteiger charge is -2.26. The zero-order chi connectivity index (χ0) is 13.2. The highest BCUT2D eigenvalue weighted by atomic mass is 35.5. The summed E-state index contributed by atoms with van der Waals surface area (Å²) in [5.74, 6) is 0.188. The fourth-order valence-corrected chi connectivity index (χ4v) is 3.83. The summed E-state index contributed by atoms with van der Waals surface area (Å²) in [6.45, 7) is 1.87. The van der Waals surface area contributed by atoms with E-state index in [9.17, 15) is 8.42 Å². The Morgan fingerprint density at radius 3 is 2.84 bits per heavy atom. The van der Waals surface area contributed by atoms with Crippen molar-refractivity contribution >= 4 is 28.1 Å². The van der Waals surface area contributed by atoms with E-state index < -0.39 is 10.0 Å². The van der Waals surface area contributed by atoms with Crippen molar-refractivity contribution in [1.29, 1.82) is 0 Å². The van der Waals surface area contributed by atoms with Gasteiger partial charge in [-0.2, -0.15) is 0 Å². The van der Waals surface area contributed by atoms with Crippen LogP contribution in [0.3, 0.4) is 0 Å². The Bertz CT molecular complexity index is 531. The molecule has 0 amide bonds. The fraction of sp³-hybridized carbons (Fsp3) is 0.538. The van der Waals surface area contributed by atoms with Crippen LogP contribution in [-0.4, -0.2) is 14.2 Å². The van der Waals surface area contributed by atoms with Gasteiger partial charge in [0.15, 0.2) is 0 Å². The van der Waals surface area contributed by atoms with Crippen LogP contribution in [0.4, 0.5) is 5.69 Å². The Morgan fingerprint density at radius 1 is 1.42 bits per heavy atom. The number of nitrogens with one attached hydrogen (secondary N) is 1. The highest BCUT2D eigenvalue weighted by molar-refractivity contribution is 7.89. The van der Waals surface area contributed by atoms with Crippen LogP contribution >= 0.6 is 12.4 Å². The summed E-state index contributed by atoms with van der Waals surface area (Å²) in [5.41, 5.74) is 8.76. The van der Waals surface area contributed by atoms with Gasteiger partial charge in [-0.1, -0.05) is 13.0 Å². The Morgan fingerprint density at radius 2 is 2.16 bits per heavy atom. The van der Waals surface area contributed by atoms with Gasteiger partial charge in [0.2, 0.25) is 10.0 Å². The summed E-state index contributed by atoms with van der Waals surface area (Å²) in [5, 5.41) is 0. The molecule has 19 heavy (non-hydrogen) atoms. The van der Waals surface area contributed by atoms with Crippen molar-refractivity contribution in [2.75, 3.05) is 11.5 Å². The largest absolute Gasteiger partial charge is 0.399 e. The highest BCUT2D eigenvalue weighted by Gasteiger charge is 2.24. The van der Waals surface area contributed by atoms with Crippen LogP contribution < -0.4 is 10.5 Å². The van der Waals surface area contributed by atoms with E-state index in [4.69, 9.17) is 5.73 Å². The summed E-state index contributed by atoms with van der Waals surface area (Å²) in [7, 11) is -3.17. The third kappa shape index (κ3) is 4.09. The number of nitrogen functional groups attached to an aromatic ring is 1. The van der Waals surface area contributed by atoms with Crippen LogP contribution in [-0.2, 0) is 16.4 Å². The van der Waals surface area contributed by atoms with Crippen molar-refractivity contribution in [2.45, 2.75) is 38.6 Å². The predicted octanol–water partition coefficient (Wildman–Crippen LogP) is 2.40. The first-order chi connectivity index (χ1) is 8.52. The van der Waals surface area contributed by atoms with Gasteiger partial charge < -0.3 is 5.73 Å². The van der Waals surface area contributed by atoms with Crippen molar-refractivity contribution in [3.05, 3.63) is 29.3 Å². The van der Waals surface area contributed by atoms with Crippen molar-refractivity contribution in [3.63, 3.8) is 0 Å². The molecule has 1 aromatic rings. The molecule has 108 valence electrons. The lowest BCUT2D eigenvalue weighted by Crippen LogP contribution is -2.32. The number of rotatable bonds is 4. The maximum absolute atomic E-state index is 11.8. The summed E-state index contributed by atoms with van der Waals surface area (Å²) in [6, 6.07) is 5.65. The summed E-state index contributed by atoms with van der Waals surface area (Å²) in [6.07, 6.45) is 3.47. The zero-order valence-electron chi connectivity index (χ0n) is 11.1. The minimum Gasteiger partial charge on any atom is -0.399 e. The number of anilines is 1. The van der Waals surface area contributed by atoms with E-state index in [1.54, 1.807) is 0 Å². The Balaban J connectivity index is 0.00000180. The quantitative estimate of drug-likeness (QED) is 0.839. The van der Waals surface area contributed by atoms with Crippen molar-refractivity contribution in [1.82, 2.24) is 4.72 Å². The summed E-state index contributed by atoms with van der Waals surface area (Å²) < 4.78 is 26.5. The van der Waals surface area contributed by atoms with Gasteiger partial charge in [-0.25, -0.2) is 13.1 Å². The van der Waals surface area contributed by atoms with Crippen LogP contribution in [0.5, 0.6) is 0 Å². The van der Waals surface area contributed by atoms with Crippen LogP contribution in [0.15, 0.2) is 18.2 Å². The van der Waals surface area contributed by atoms with Crippen molar-refractivity contribution in [3.8, 4) is 0 Å². The van der Waals surface area contributed by atoms with Crippen molar-refractivity contribution < 1.29 is 8.42 Å². The van der Waals surface area contributed by atoms with Gasteiger partial charge in [-0.05, 0) is 48.9 Å². The molecule has 2 rings (SSSR count). The van der Waals surface area contributed by atoms with Gasteiger partial charge in [0.1, 0.15) is 0 Å². The van der Waals surface area contributed by atoms with Gasteiger partial charge in [0.05, 0.1) is 5.75 Å². The van der Waals surface area contributed by atoms with Gasteiger partial charge in [-0.15, -0.1) is 12.4 Å². The third-order valence-electron chi connectivity index (χ3n) is 3.28. The maximum Gasteiger partial charge on any atom is 0.212 e. The topological polar surface area (TPSA) is 72.2 Å². The number of benzene rings is 1. The molecule has 0 bridgehead atoms. The Kier molecular flexibility index (Phi) is 5.64. The molecule has 0 heterocycles. The minimum atomic E-state index is -3.17. The number of hydrogen-bond donors (Lipinski definition) is 2. The number of hydrogen-bond acceptors (Lipinski definition) is 3. The van der Waals surface area contributed by atoms with Crippen LogP contribution in [0, 0.1) is 0 Å². The highest BCUT2D eigenvalue weighted by Crippen LogP contribution is 2.31. The molecule has 6 heteroatoms. The smallest absolute Gasteiger partial charge is 0.212 e. The second-order valence-corrected chi connectivity index (χ2v) is 6.71. The number of fused-ring (bicyclic) bond motifs is 1. The predicted molar refractivity (Wildman–Crippen MR) is 81.0 cm³/mol. The first-order valence-electron chi connectivity index (χ1n) is 6.40. The van der Waals surface area contributed by atoms with Gasteiger partial charge in [-0.3, -0.25) is 0 Å². The standard InChI is InChI=1S/C13H20N2O2S.ClH/c1-2-8-18(16,17)15-13-5-3-4-10-9-11(14)6-7-12(10)13;/h6-7,9,13,15H,2-5,8,14H2,1H3;1H. The molecule has 1 aliphatic rings. The lowest BCUT2D eigenvalue weighted by atomic mass is 9.88. The van der Waals surface area contributed by atoms with E-state index in [0.717, 1.165) is 30.5 Å². The third-order valence-corrected chi connectivity index (χ3v) is 4.87. The molecule has 1 atom stereocenters. The Labute approximate surface area is 121 Å². The summed E-state index contributed by atoms with van der Waals surface area (Å²) >= 11 is 0. The molecule has 0 fully saturated rings. The van der Waals surface area contributed by atoms with E-state index in [2.05, 4.69) is 4.72 Å². The normalized spacial score (nSPS) is 18.5. The van der Waals surface area contributed by atoms with Gasteiger partial charge in [0.25, 0.3) is 0 Å². The molecule has 0 radical (unpaired) electrons. The molecule has 0 saturated heterocycles. The van der Waals surface area contributed by atoms with E-state index in [1.807, 2.05) is 25.1 Å². The van der Waals surface area contributed by atoms with E-state index in [0.29, 0.717) is 6.42 Å². The fourth-order valence-electron chi connectivity index (χ4n) is 2.50. The molecular weight excluding hydrogens is 284 g/mol. The molecule has 1 aromatic carbocycles. The molecule has 0 saturated carbocycles. The van der Waals surface area contributed by atoms with Crippen LogP contribution in [0.25, 0.3) is 0 Å². The van der Waals surface area contributed by atoms with Crippen LogP contribution in [0.1, 0.15) is 43.4 Å². The SMILES string of the molecule is CCCS(=O)(=O)NC1CCCc2cc(N)ccc21.Cl. The van der Waals surface area contributed by atoms with E-state index in [-0.39, 0.29) is 24.2 Å². The monoisotopic (exact) mass is 304 g/mol. The van der Waals surface area contributed by atoms with Gasteiger partial charge >= 0.3 is 0 Å².